The number of aromatic nitrogens is 2. The summed E-state index contributed by atoms with van der Waals surface area (Å²) in [5.41, 5.74) is 3.41. The molecule has 0 atom stereocenters. The van der Waals surface area contributed by atoms with Crippen molar-refractivity contribution in [1.82, 2.24) is 0 Å². The predicted octanol–water partition coefficient (Wildman–Crippen LogP) is -3.37. The first-order valence-electron chi connectivity index (χ1n) is 7.46. The van der Waals surface area contributed by atoms with Crippen molar-refractivity contribution in [3.8, 4) is 11.5 Å². The van der Waals surface area contributed by atoms with Crippen LogP contribution in [-0.2, 0) is 6.42 Å². The van der Waals surface area contributed by atoms with E-state index in [-0.39, 0.29) is 36.3 Å². The van der Waals surface area contributed by atoms with E-state index >= 15 is 0 Å². The lowest BCUT2D eigenvalue weighted by Gasteiger charge is -1.99. The fourth-order valence-corrected chi connectivity index (χ4v) is 2.86. The Morgan fingerprint density at radius 1 is 0.600 bits per heavy atom. The van der Waals surface area contributed by atoms with Crippen LogP contribution >= 0.6 is 0 Å². The van der Waals surface area contributed by atoms with E-state index in [0.717, 1.165) is 33.2 Å². The van der Waals surface area contributed by atoms with Gasteiger partial charge in [0.25, 0.3) is 11.0 Å². The Labute approximate surface area is 157 Å². The molecule has 6 heteroatoms. The van der Waals surface area contributed by atoms with Crippen molar-refractivity contribution < 1.29 is 45.0 Å². The molecule has 4 rings (SSSR count). The Morgan fingerprint density at radius 2 is 1.04 bits per heavy atom. The molecule has 0 amide bonds. The topological polar surface area (TPSA) is 68.7 Å². The van der Waals surface area contributed by atoms with Crippen molar-refractivity contribution in [2.24, 2.45) is 0 Å². The van der Waals surface area contributed by atoms with Gasteiger partial charge >= 0.3 is 0 Å². The monoisotopic (exact) mass is 374 g/mol. The first-order chi connectivity index (χ1) is 11.2. The third-order valence-electron chi connectivity index (χ3n) is 4.03. The number of aromatic amines is 2. The van der Waals surface area contributed by atoms with Crippen molar-refractivity contribution in [2.75, 3.05) is 0 Å². The van der Waals surface area contributed by atoms with Gasteiger partial charge in [0.15, 0.2) is 22.9 Å². The van der Waals surface area contributed by atoms with Gasteiger partial charge in [0.05, 0.1) is 10.8 Å². The highest BCUT2D eigenvalue weighted by Gasteiger charge is 2.15. The smallest absolute Gasteiger partial charge is 0.253 e. The van der Waals surface area contributed by atoms with Gasteiger partial charge in [-0.3, -0.25) is 0 Å². The molecule has 0 fully saturated rings. The zero-order valence-corrected chi connectivity index (χ0v) is 14.6. The van der Waals surface area contributed by atoms with E-state index < -0.39 is 0 Å². The second-order valence-electron chi connectivity index (χ2n) is 5.63. The molecular weight excluding hydrogens is 359 g/mol. The maximum Gasteiger partial charge on any atom is 0.253 e. The zero-order chi connectivity index (χ0) is 15.8. The highest BCUT2D eigenvalue weighted by atomic mass is 35.5. The van der Waals surface area contributed by atoms with Crippen LogP contribution in [0.1, 0.15) is 11.4 Å². The summed E-state index contributed by atoms with van der Waals surface area (Å²) in [7, 11) is 0. The van der Waals surface area contributed by atoms with Crippen molar-refractivity contribution in [1.29, 1.82) is 0 Å². The molecule has 4 nitrogen and oxygen atoms in total. The fraction of sp³-hybridized carbons (Fsp3) is 0.0526. The van der Waals surface area contributed by atoms with Gasteiger partial charge in [-0.25, -0.2) is 9.97 Å². The number of para-hydroxylation sites is 2. The number of fused-ring (bicyclic) bond motifs is 2. The van der Waals surface area contributed by atoms with E-state index in [1.165, 1.54) is 0 Å². The minimum atomic E-state index is 0. The number of hydrogen-bond acceptors (Lipinski definition) is 2. The molecule has 0 bridgehead atoms. The van der Waals surface area contributed by atoms with E-state index in [1.807, 2.05) is 48.5 Å². The molecule has 0 aliphatic heterocycles. The number of pyridine rings is 2. The Bertz CT molecular complexity index is 955. The summed E-state index contributed by atoms with van der Waals surface area (Å²) in [5.74, 6) is 0.481. The Kier molecular flexibility index (Phi) is 5.67. The molecule has 2 aromatic carbocycles. The average molecular weight is 375 g/mol. The van der Waals surface area contributed by atoms with Crippen LogP contribution in [0.25, 0.3) is 21.8 Å². The third-order valence-corrected chi connectivity index (χ3v) is 4.03. The van der Waals surface area contributed by atoms with E-state index in [0.29, 0.717) is 6.42 Å². The minimum Gasteiger partial charge on any atom is -1.00 e. The maximum absolute atomic E-state index is 9.97. The molecule has 0 aliphatic rings. The van der Waals surface area contributed by atoms with Crippen LogP contribution in [-0.4, -0.2) is 10.2 Å². The van der Waals surface area contributed by atoms with Gasteiger partial charge in [-0.2, -0.15) is 0 Å². The first-order valence-corrected chi connectivity index (χ1v) is 7.46. The van der Waals surface area contributed by atoms with E-state index in [4.69, 9.17) is 0 Å². The third kappa shape index (κ3) is 3.60. The summed E-state index contributed by atoms with van der Waals surface area (Å²) in [6.45, 7) is 0. The molecule has 0 aliphatic carbocycles. The first kappa shape index (κ1) is 18.8. The maximum atomic E-state index is 9.97. The lowest BCUT2D eigenvalue weighted by Crippen LogP contribution is -3.00. The molecule has 4 aromatic rings. The molecule has 0 saturated carbocycles. The van der Waals surface area contributed by atoms with Crippen LogP contribution in [0.3, 0.4) is 0 Å². The van der Waals surface area contributed by atoms with Gasteiger partial charge in [0, 0.05) is 12.1 Å². The van der Waals surface area contributed by atoms with E-state index in [1.54, 1.807) is 12.1 Å². The molecule has 4 N–H and O–H groups in total. The number of phenolic OH excluding ortho intramolecular Hbond substituents is 2. The van der Waals surface area contributed by atoms with Gasteiger partial charge in [0.1, 0.15) is 6.42 Å². The number of nitrogens with one attached hydrogen (secondary N) is 2. The van der Waals surface area contributed by atoms with Crippen LogP contribution in [0.15, 0.2) is 60.7 Å². The van der Waals surface area contributed by atoms with Gasteiger partial charge in [-0.05, 0) is 36.4 Å². The largest absolute Gasteiger partial charge is 1.00 e. The second-order valence-corrected chi connectivity index (χ2v) is 5.63. The molecule has 0 unspecified atom stereocenters. The molecule has 2 aromatic heterocycles. The van der Waals surface area contributed by atoms with Crippen LogP contribution < -0.4 is 34.8 Å². The lowest BCUT2D eigenvalue weighted by atomic mass is 10.1. The molecule has 0 radical (unpaired) electrons. The number of halogens is 2. The van der Waals surface area contributed by atoms with Crippen LogP contribution in [0.4, 0.5) is 0 Å². The molecule has 25 heavy (non-hydrogen) atoms. The quantitative estimate of drug-likeness (QED) is 0.384. The molecule has 2 heterocycles. The molecule has 0 spiro atoms. The standard InChI is InChI=1S/C19H14N2O2.2ClH/c22-16-5-1-3-12-7-9-14(20-18(12)16)11-15-10-8-13-4-2-6-17(23)19(13)21-15;;/h1-10,22-23H,11H2;2*1H. The highest BCUT2D eigenvalue weighted by molar-refractivity contribution is 5.81. The molecular formula is C19H16Cl2N2O2. The van der Waals surface area contributed by atoms with E-state index in [9.17, 15) is 10.2 Å². The minimum absolute atomic E-state index is 0. The molecule has 128 valence electrons. The predicted molar refractivity (Wildman–Crippen MR) is 87.1 cm³/mol. The summed E-state index contributed by atoms with van der Waals surface area (Å²) in [6, 6.07) is 18.9. The Morgan fingerprint density at radius 3 is 1.48 bits per heavy atom. The second kappa shape index (κ2) is 7.55. The number of hydrogen-bond donors (Lipinski definition) is 2. The van der Waals surface area contributed by atoms with Crippen molar-refractivity contribution in [3.05, 3.63) is 72.1 Å². The normalized spacial score (nSPS) is 10.2. The number of rotatable bonds is 2. The summed E-state index contributed by atoms with van der Waals surface area (Å²) < 4.78 is 0. The van der Waals surface area contributed by atoms with Gasteiger partial charge in [-0.15, -0.1) is 0 Å². The number of benzene rings is 2. The van der Waals surface area contributed by atoms with Crippen LogP contribution in [0, 0.1) is 0 Å². The van der Waals surface area contributed by atoms with Crippen molar-refractivity contribution >= 4 is 21.8 Å². The Balaban J connectivity index is 0.00000113. The van der Waals surface area contributed by atoms with Gasteiger partial charge in [0.2, 0.25) is 0 Å². The van der Waals surface area contributed by atoms with Crippen LogP contribution in [0.5, 0.6) is 11.5 Å². The summed E-state index contributed by atoms with van der Waals surface area (Å²) >= 11 is 0. The SMILES string of the molecule is Oc1cccc2ccc(Cc3ccc4cccc(O)c4[nH+]3)[nH+]c12.[Cl-].[Cl-]. The fourth-order valence-electron chi connectivity index (χ4n) is 2.86. The van der Waals surface area contributed by atoms with Gasteiger partial charge < -0.3 is 35.0 Å². The summed E-state index contributed by atoms with van der Waals surface area (Å²) in [4.78, 5) is 6.55. The van der Waals surface area contributed by atoms with Crippen molar-refractivity contribution in [2.45, 2.75) is 6.42 Å². The van der Waals surface area contributed by atoms with E-state index in [2.05, 4.69) is 9.97 Å². The Hall–Kier alpha value is -2.56. The highest BCUT2D eigenvalue weighted by Crippen LogP contribution is 2.21. The number of H-pyrrole nitrogens is 2. The molecule has 0 saturated heterocycles. The van der Waals surface area contributed by atoms with Gasteiger partial charge in [-0.1, -0.05) is 12.1 Å². The zero-order valence-electron chi connectivity index (χ0n) is 13.1. The number of phenols is 2. The van der Waals surface area contributed by atoms with Crippen LogP contribution in [0.2, 0.25) is 0 Å². The lowest BCUT2D eigenvalue weighted by molar-refractivity contribution is -0.375. The summed E-state index contributed by atoms with van der Waals surface area (Å²) in [6.07, 6.45) is 0.647. The van der Waals surface area contributed by atoms with Crippen molar-refractivity contribution in [3.63, 3.8) is 0 Å². The average Bonchev–Trinajstić information content (AvgIpc) is 2.56. The number of aromatic hydroxyl groups is 2. The summed E-state index contributed by atoms with van der Waals surface area (Å²) in [5, 5.41) is 21.9.